The van der Waals surface area contributed by atoms with E-state index in [0.29, 0.717) is 6.04 Å². The van der Waals surface area contributed by atoms with Gasteiger partial charge < -0.3 is 10.4 Å². The van der Waals surface area contributed by atoms with Crippen LogP contribution in [0.15, 0.2) is 24.5 Å². The van der Waals surface area contributed by atoms with Crippen LogP contribution in [0.1, 0.15) is 37.7 Å². The zero-order valence-corrected chi connectivity index (χ0v) is 10.3. The molecule has 1 aromatic heterocycles. The molecule has 0 amide bonds. The van der Waals surface area contributed by atoms with Gasteiger partial charge in [0.15, 0.2) is 0 Å². The molecule has 2 atom stereocenters. The molecule has 1 aromatic rings. The molecular formula is C14H22N2O. The highest BCUT2D eigenvalue weighted by atomic mass is 16.3. The molecule has 0 aliphatic heterocycles. The van der Waals surface area contributed by atoms with Gasteiger partial charge in [0.2, 0.25) is 0 Å². The van der Waals surface area contributed by atoms with E-state index in [9.17, 15) is 5.11 Å². The van der Waals surface area contributed by atoms with Crippen LogP contribution in [-0.4, -0.2) is 28.8 Å². The molecule has 0 bridgehead atoms. The molecule has 1 aliphatic rings. The monoisotopic (exact) mass is 234 g/mol. The van der Waals surface area contributed by atoms with Crippen LogP contribution in [0.4, 0.5) is 0 Å². The Balaban J connectivity index is 1.73. The summed E-state index contributed by atoms with van der Waals surface area (Å²) in [7, 11) is 0. The number of aromatic nitrogens is 1. The molecule has 1 saturated carbocycles. The lowest BCUT2D eigenvalue weighted by Gasteiger charge is -2.21. The number of nitrogens with one attached hydrogen (secondary N) is 1. The summed E-state index contributed by atoms with van der Waals surface area (Å²) in [5.41, 5.74) is 1.30. The summed E-state index contributed by atoms with van der Waals surface area (Å²) in [6, 6.07) is 4.38. The lowest BCUT2D eigenvalue weighted by atomic mass is 10.1. The second-order valence-corrected chi connectivity index (χ2v) is 4.87. The lowest BCUT2D eigenvalue weighted by molar-refractivity contribution is 0.120. The Kier molecular flexibility index (Phi) is 4.95. The number of hydrogen-bond acceptors (Lipinski definition) is 3. The summed E-state index contributed by atoms with van der Waals surface area (Å²) < 4.78 is 0. The molecule has 3 heteroatoms. The Hall–Kier alpha value is -0.930. The van der Waals surface area contributed by atoms with Crippen LogP contribution in [0, 0.1) is 0 Å². The van der Waals surface area contributed by atoms with E-state index in [0.717, 1.165) is 25.8 Å². The minimum atomic E-state index is -0.157. The van der Waals surface area contributed by atoms with Crippen LogP contribution in [-0.2, 0) is 6.42 Å². The molecule has 17 heavy (non-hydrogen) atoms. The maximum atomic E-state index is 9.97. The van der Waals surface area contributed by atoms with Gasteiger partial charge in [-0.1, -0.05) is 19.3 Å². The maximum absolute atomic E-state index is 9.97. The first-order chi connectivity index (χ1) is 8.36. The molecule has 0 saturated heterocycles. The fourth-order valence-corrected chi connectivity index (χ4v) is 2.48. The van der Waals surface area contributed by atoms with Gasteiger partial charge in [-0.15, -0.1) is 0 Å². The standard InChI is InChI=1S/C14H22N2O/c17-14-5-3-1-2-4-13(14)16-11-8-12-6-9-15-10-7-12/h6-7,9-10,13-14,16-17H,1-5,8,11H2. The molecule has 2 N–H and O–H groups in total. The van der Waals surface area contributed by atoms with Crippen LogP contribution >= 0.6 is 0 Å². The van der Waals surface area contributed by atoms with Crippen molar-refractivity contribution < 1.29 is 5.11 Å². The Labute approximate surface area is 103 Å². The first-order valence-electron chi connectivity index (χ1n) is 6.66. The number of pyridine rings is 1. The van der Waals surface area contributed by atoms with Gasteiger partial charge in [0.05, 0.1) is 6.10 Å². The van der Waals surface area contributed by atoms with E-state index in [1.165, 1.54) is 24.8 Å². The highest BCUT2D eigenvalue weighted by molar-refractivity contribution is 5.09. The second kappa shape index (κ2) is 6.72. The molecule has 0 aromatic carbocycles. The van der Waals surface area contributed by atoms with Crippen LogP contribution < -0.4 is 5.32 Å². The van der Waals surface area contributed by atoms with Crippen molar-refractivity contribution in [2.45, 2.75) is 50.7 Å². The second-order valence-electron chi connectivity index (χ2n) is 4.87. The quantitative estimate of drug-likeness (QED) is 0.782. The van der Waals surface area contributed by atoms with Gasteiger partial charge in [0.25, 0.3) is 0 Å². The number of nitrogens with zero attached hydrogens (tertiary/aromatic N) is 1. The van der Waals surface area contributed by atoms with E-state index in [-0.39, 0.29) is 6.10 Å². The molecule has 2 unspecified atom stereocenters. The van der Waals surface area contributed by atoms with Crippen molar-refractivity contribution in [3.63, 3.8) is 0 Å². The van der Waals surface area contributed by atoms with Gasteiger partial charge >= 0.3 is 0 Å². The molecule has 0 radical (unpaired) electrons. The first-order valence-corrected chi connectivity index (χ1v) is 6.66. The van der Waals surface area contributed by atoms with Crippen LogP contribution in [0.3, 0.4) is 0 Å². The fraction of sp³-hybridized carbons (Fsp3) is 0.643. The molecule has 1 fully saturated rings. The number of aliphatic hydroxyl groups excluding tert-OH is 1. The van der Waals surface area contributed by atoms with Crippen molar-refractivity contribution in [2.24, 2.45) is 0 Å². The third-order valence-electron chi connectivity index (χ3n) is 3.55. The third-order valence-corrected chi connectivity index (χ3v) is 3.55. The van der Waals surface area contributed by atoms with Crippen molar-refractivity contribution in [3.8, 4) is 0 Å². The fourth-order valence-electron chi connectivity index (χ4n) is 2.48. The van der Waals surface area contributed by atoms with Crippen molar-refractivity contribution in [1.82, 2.24) is 10.3 Å². The molecule has 94 valence electrons. The normalized spacial score (nSPS) is 25.5. The molecule has 3 nitrogen and oxygen atoms in total. The summed E-state index contributed by atoms with van der Waals surface area (Å²) in [5, 5.41) is 13.5. The highest BCUT2D eigenvalue weighted by Gasteiger charge is 2.20. The third kappa shape index (κ3) is 4.10. The van der Waals surface area contributed by atoms with Crippen LogP contribution in [0.2, 0.25) is 0 Å². The van der Waals surface area contributed by atoms with Crippen LogP contribution in [0.25, 0.3) is 0 Å². The SMILES string of the molecule is OC1CCCCCC1NCCc1ccncc1. The van der Waals surface area contributed by atoms with Gasteiger partial charge in [-0.2, -0.15) is 0 Å². The molecule has 0 spiro atoms. The maximum Gasteiger partial charge on any atom is 0.0693 e. The lowest BCUT2D eigenvalue weighted by Crippen LogP contribution is -2.40. The van der Waals surface area contributed by atoms with Gasteiger partial charge in [-0.05, 0) is 43.5 Å². The molecule has 2 rings (SSSR count). The summed E-state index contributed by atoms with van der Waals surface area (Å²) in [6.45, 7) is 0.936. The largest absolute Gasteiger partial charge is 0.392 e. The van der Waals surface area contributed by atoms with Crippen molar-refractivity contribution in [1.29, 1.82) is 0 Å². The molecular weight excluding hydrogens is 212 g/mol. The highest BCUT2D eigenvalue weighted by Crippen LogP contribution is 2.17. The zero-order chi connectivity index (χ0) is 11.9. The van der Waals surface area contributed by atoms with Gasteiger partial charge in [-0.25, -0.2) is 0 Å². The Morgan fingerprint density at radius 2 is 1.94 bits per heavy atom. The van der Waals surface area contributed by atoms with Crippen LogP contribution in [0.5, 0.6) is 0 Å². The van der Waals surface area contributed by atoms with E-state index in [4.69, 9.17) is 0 Å². The van der Waals surface area contributed by atoms with Gasteiger partial charge in [0, 0.05) is 18.4 Å². The van der Waals surface area contributed by atoms with E-state index in [1.807, 2.05) is 24.5 Å². The minimum Gasteiger partial charge on any atom is -0.392 e. The summed E-state index contributed by atoms with van der Waals surface area (Å²) in [4.78, 5) is 4.01. The Morgan fingerprint density at radius 3 is 2.76 bits per heavy atom. The Morgan fingerprint density at radius 1 is 1.18 bits per heavy atom. The number of aliphatic hydroxyl groups is 1. The Bertz CT molecular complexity index is 315. The first kappa shape index (κ1) is 12.5. The average Bonchev–Trinajstić information content (AvgIpc) is 2.56. The van der Waals surface area contributed by atoms with E-state index in [1.54, 1.807) is 0 Å². The predicted octanol–water partition coefficient (Wildman–Crippen LogP) is 1.91. The van der Waals surface area contributed by atoms with Gasteiger partial charge in [0.1, 0.15) is 0 Å². The molecule has 1 heterocycles. The van der Waals surface area contributed by atoms with Crippen molar-refractivity contribution >= 4 is 0 Å². The number of rotatable bonds is 4. The predicted molar refractivity (Wildman–Crippen MR) is 68.8 cm³/mol. The van der Waals surface area contributed by atoms with E-state index in [2.05, 4.69) is 10.3 Å². The van der Waals surface area contributed by atoms with Crippen molar-refractivity contribution in [3.05, 3.63) is 30.1 Å². The molecule has 1 aliphatic carbocycles. The van der Waals surface area contributed by atoms with Crippen molar-refractivity contribution in [2.75, 3.05) is 6.54 Å². The minimum absolute atomic E-state index is 0.157. The summed E-state index contributed by atoms with van der Waals surface area (Å²) >= 11 is 0. The topological polar surface area (TPSA) is 45.1 Å². The summed E-state index contributed by atoms with van der Waals surface area (Å²) in [6.07, 6.45) is 10.2. The number of hydrogen-bond donors (Lipinski definition) is 2. The average molecular weight is 234 g/mol. The smallest absolute Gasteiger partial charge is 0.0693 e. The van der Waals surface area contributed by atoms with Gasteiger partial charge in [-0.3, -0.25) is 4.98 Å². The zero-order valence-electron chi connectivity index (χ0n) is 10.3. The van der Waals surface area contributed by atoms with E-state index < -0.39 is 0 Å². The summed E-state index contributed by atoms with van der Waals surface area (Å²) in [5.74, 6) is 0. The van der Waals surface area contributed by atoms with E-state index >= 15 is 0 Å².